The summed E-state index contributed by atoms with van der Waals surface area (Å²) in [5.74, 6) is -1.03. The van der Waals surface area contributed by atoms with Gasteiger partial charge in [-0.05, 0) is 26.9 Å². The molecule has 8 nitrogen and oxygen atoms in total. The minimum atomic E-state index is -1.19. The highest BCUT2D eigenvalue weighted by Gasteiger charge is 2.26. The van der Waals surface area contributed by atoms with Gasteiger partial charge in [0, 0.05) is 19.4 Å². The molecule has 0 aliphatic carbocycles. The average Bonchev–Trinajstić information content (AvgIpc) is 3.09. The lowest BCUT2D eigenvalue weighted by Gasteiger charge is -2.17. The number of carbonyl (C=O) groups excluding carboxylic acids is 3. The van der Waals surface area contributed by atoms with Crippen LogP contribution in [-0.4, -0.2) is 69.6 Å². The van der Waals surface area contributed by atoms with Crippen molar-refractivity contribution in [1.29, 1.82) is 0 Å². The number of esters is 2. The van der Waals surface area contributed by atoms with Gasteiger partial charge in [-0.15, -0.1) is 0 Å². The lowest BCUT2D eigenvalue weighted by atomic mass is 10.0. The number of ether oxygens (including phenoxy) is 4. The number of hydrogen-bond donors (Lipinski definition) is 0. The van der Waals surface area contributed by atoms with Crippen molar-refractivity contribution >= 4 is 18.1 Å². The van der Waals surface area contributed by atoms with Crippen molar-refractivity contribution in [2.75, 3.05) is 40.5 Å². The summed E-state index contributed by atoms with van der Waals surface area (Å²) in [7, 11) is 3.74. The first-order valence-corrected chi connectivity index (χ1v) is 21.2. The summed E-state index contributed by atoms with van der Waals surface area (Å²) in [5, 5.41) is 0. The Bertz CT molecular complexity index is 760. The molecule has 0 N–H and O–H groups in total. The molecule has 0 spiro atoms. The van der Waals surface area contributed by atoms with Crippen LogP contribution in [0.2, 0.25) is 0 Å². The molecule has 296 valence electrons. The van der Waals surface area contributed by atoms with Gasteiger partial charge in [0.2, 0.25) is 6.10 Å². The maximum Gasteiger partial charge on any atom is 0.509 e. The number of likely N-dealkylation sites (N-methyl/N-ethyl adjacent to an activating group) is 1. The summed E-state index contributed by atoms with van der Waals surface area (Å²) in [6.07, 6.45) is 33.2. The van der Waals surface area contributed by atoms with Crippen LogP contribution in [0.4, 0.5) is 4.79 Å². The van der Waals surface area contributed by atoms with Crippen LogP contribution in [-0.2, 0) is 28.5 Å². The first-order chi connectivity index (χ1) is 24.4. The molecule has 0 aliphatic rings. The van der Waals surface area contributed by atoms with Crippen molar-refractivity contribution in [3.05, 3.63) is 0 Å². The number of rotatable bonds is 38. The van der Waals surface area contributed by atoms with Crippen molar-refractivity contribution in [1.82, 2.24) is 4.90 Å². The van der Waals surface area contributed by atoms with Gasteiger partial charge in [0.1, 0.15) is 6.61 Å². The van der Waals surface area contributed by atoms with E-state index >= 15 is 0 Å². The molecule has 0 rings (SSSR count). The lowest BCUT2D eigenvalue weighted by molar-refractivity contribution is -0.156. The maximum absolute atomic E-state index is 12.8. The maximum atomic E-state index is 12.8. The second-order valence-corrected chi connectivity index (χ2v) is 14.6. The van der Waals surface area contributed by atoms with Crippen LogP contribution >= 0.6 is 0 Å². The van der Waals surface area contributed by atoms with E-state index in [0.29, 0.717) is 13.2 Å². The van der Waals surface area contributed by atoms with Gasteiger partial charge in [-0.25, -0.2) is 9.59 Å². The molecule has 0 heterocycles. The van der Waals surface area contributed by atoms with Crippen LogP contribution in [0.5, 0.6) is 0 Å². The Morgan fingerprint density at radius 2 is 0.820 bits per heavy atom. The third-order valence-corrected chi connectivity index (χ3v) is 9.37. The molecule has 0 aromatic heterocycles. The molecule has 0 bridgehead atoms. The van der Waals surface area contributed by atoms with Gasteiger partial charge >= 0.3 is 18.1 Å². The minimum absolute atomic E-state index is 0.0118. The smallest absolute Gasteiger partial charge is 0.466 e. The predicted molar refractivity (Wildman–Crippen MR) is 207 cm³/mol. The van der Waals surface area contributed by atoms with Gasteiger partial charge < -0.3 is 23.8 Å². The highest BCUT2D eigenvalue weighted by Crippen LogP contribution is 2.15. The van der Waals surface area contributed by atoms with Crippen molar-refractivity contribution in [2.45, 2.75) is 213 Å². The van der Waals surface area contributed by atoms with Crippen molar-refractivity contribution in [3.8, 4) is 0 Å². The number of nitrogens with zero attached hydrogens (tertiary/aromatic N) is 1. The largest absolute Gasteiger partial charge is 0.509 e. The van der Waals surface area contributed by atoms with E-state index in [1.54, 1.807) is 0 Å². The zero-order chi connectivity index (χ0) is 36.8. The van der Waals surface area contributed by atoms with E-state index in [2.05, 4.69) is 13.8 Å². The van der Waals surface area contributed by atoms with Crippen LogP contribution in [0.3, 0.4) is 0 Å². The molecule has 0 aliphatic heterocycles. The predicted octanol–water partition coefficient (Wildman–Crippen LogP) is 11.9. The Labute approximate surface area is 308 Å². The second-order valence-electron chi connectivity index (χ2n) is 14.6. The quantitative estimate of drug-likeness (QED) is 0.0355. The minimum Gasteiger partial charge on any atom is -0.466 e. The SMILES string of the molecule is CCCCCCCCCCCCCCCCOC(=O)CCC(OC(=O)OCCN(C)C)C(=O)OCCCCCCCCCCCCCCCC. The third kappa shape index (κ3) is 36.0. The van der Waals surface area contributed by atoms with E-state index in [9.17, 15) is 14.4 Å². The van der Waals surface area contributed by atoms with Gasteiger partial charge in [-0.3, -0.25) is 4.79 Å². The topological polar surface area (TPSA) is 91.4 Å². The van der Waals surface area contributed by atoms with Gasteiger partial charge in [0.25, 0.3) is 0 Å². The van der Waals surface area contributed by atoms with Crippen LogP contribution < -0.4 is 0 Å². The summed E-state index contributed by atoms with van der Waals surface area (Å²) >= 11 is 0. The molecule has 0 amide bonds. The third-order valence-electron chi connectivity index (χ3n) is 9.37. The van der Waals surface area contributed by atoms with Crippen LogP contribution in [0.1, 0.15) is 206 Å². The molecule has 8 heteroatoms. The average molecular weight is 712 g/mol. The molecular weight excluding hydrogens is 630 g/mol. The van der Waals surface area contributed by atoms with Crippen molar-refractivity contribution in [3.63, 3.8) is 0 Å². The summed E-state index contributed by atoms with van der Waals surface area (Å²) in [6.45, 7) is 5.85. The van der Waals surface area contributed by atoms with E-state index in [0.717, 1.165) is 38.5 Å². The van der Waals surface area contributed by atoms with E-state index in [4.69, 9.17) is 18.9 Å². The number of unbranched alkanes of at least 4 members (excludes halogenated alkanes) is 26. The molecule has 1 unspecified atom stereocenters. The lowest BCUT2D eigenvalue weighted by Crippen LogP contribution is -2.31. The fourth-order valence-electron chi connectivity index (χ4n) is 6.05. The van der Waals surface area contributed by atoms with Gasteiger partial charge in [-0.1, -0.05) is 181 Å². The fourth-order valence-corrected chi connectivity index (χ4v) is 6.05. The molecule has 0 saturated carbocycles. The highest BCUT2D eigenvalue weighted by atomic mass is 16.7. The Balaban J connectivity index is 4.11. The Morgan fingerprint density at radius 3 is 1.20 bits per heavy atom. The standard InChI is InChI=1S/C42H81NO7/c1-5-7-9-11-13-15-17-19-21-23-25-27-29-31-36-47-40(44)34-33-39(50-42(46)49-38-35-43(3)4)41(45)48-37-32-30-28-26-24-22-20-18-16-14-12-10-8-6-2/h39H,5-38H2,1-4H3. The Hall–Kier alpha value is -1.83. The summed E-state index contributed by atoms with van der Waals surface area (Å²) in [5.41, 5.74) is 0. The molecule has 0 radical (unpaired) electrons. The fraction of sp³-hybridized carbons (Fsp3) is 0.929. The first kappa shape index (κ1) is 48.2. The molecule has 50 heavy (non-hydrogen) atoms. The van der Waals surface area contributed by atoms with Gasteiger partial charge in [0.15, 0.2) is 0 Å². The Kier molecular flexibility index (Phi) is 37.0. The molecule has 0 saturated heterocycles. The number of hydrogen-bond acceptors (Lipinski definition) is 8. The van der Waals surface area contributed by atoms with E-state index in [1.165, 1.54) is 141 Å². The summed E-state index contributed by atoms with van der Waals surface area (Å²) in [6, 6.07) is 0. The summed E-state index contributed by atoms with van der Waals surface area (Å²) < 4.78 is 21.2. The normalized spacial score (nSPS) is 11.9. The molecule has 0 aromatic carbocycles. The Morgan fingerprint density at radius 1 is 0.460 bits per heavy atom. The van der Waals surface area contributed by atoms with Crippen LogP contribution in [0.15, 0.2) is 0 Å². The van der Waals surface area contributed by atoms with Crippen LogP contribution in [0.25, 0.3) is 0 Å². The molecular formula is C42H81NO7. The van der Waals surface area contributed by atoms with E-state index in [-0.39, 0.29) is 26.1 Å². The van der Waals surface area contributed by atoms with Gasteiger partial charge in [-0.2, -0.15) is 0 Å². The summed E-state index contributed by atoms with van der Waals surface area (Å²) in [4.78, 5) is 39.3. The van der Waals surface area contributed by atoms with Crippen LogP contribution in [0, 0.1) is 0 Å². The monoisotopic (exact) mass is 712 g/mol. The zero-order valence-electron chi connectivity index (χ0n) is 33.4. The first-order valence-electron chi connectivity index (χ1n) is 21.2. The van der Waals surface area contributed by atoms with E-state index in [1.807, 2.05) is 19.0 Å². The van der Waals surface area contributed by atoms with Crippen molar-refractivity contribution < 1.29 is 33.3 Å². The van der Waals surface area contributed by atoms with Crippen molar-refractivity contribution in [2.24, 2.45) is 0 Å². The molecule has 0 fully saturated rings. The highest BCUT2D eigenvalue weighted by molar-refractivity contribution is 5.78. The second kappa shape index (κ2) is 38.4. The molecule has 0 aromatic rings. The zero-order valence-corrected chi connectivity index (χ0v) is 33.4. The van der Waals surface area contributed by atoms with E-state index < -0.39 is 24.2 Å². The van der Waals surface area contributed by atoms with Gasteiger partial charge in [0.05, 0.1) is 13.2 Å². The molecule has 1 atom stereocenters. The number of carbonyl (C=O) groups is 3.